The number of amides is 1. The number of nitrogens with one attached hydrogen (secondary N) is 1. The maximum atomic E-state index is 14.6. The summed E-state index contributed by atoms with van der Waals surface area (Å²) in [5.74, 6) is -0.179. The third kappa shape index (κ3) is 4.84. The minimum atomic E-state index is -3.01. The van der Waals surface area contributed by atoms with Crippen molar-refractivity contribution in [3.63, 3.8) is 0 Å². The Kier molecular flexibility index (Phi) is 6.45. The number of benzene rings is 4. The molecule has 0 aliphatic carbocycles. The lowest BCUT2D eigenvalue weighted by Crippen LogP contribution is -2.33. The summed E-state index contributed by atoms with van der Waals surface area (Å²) in [6, 6.07) is 37.6. The van der Waals surface area contributed by atoms with Crippen LogP contribution in [0.15, 0.2) is 121 Å². The van der Waals surface area contributed by atoms with Gasteiger partial charge in [0.2, 0.25) is 0 Å². The molecule has 1 amide bonds. The fourth-order valence-corrected chi connectivity index (χ4v) is 6.55. The number of carbonyl (C=O) groups excluding carboxylic acids is 1. The summed E-state index contributed by atoms with van der Waals surface area (Å²) in [5.41, 5.74) is 1.51. The van der Waals surface area contributed by atoms with E-state index in [-0.39, 0.29) is 5.91 Å². The van der Waals surface area contributed by atoms with Crippen LogP contribution in [0.1, 0.15) is 22.0 Å². The highest BCUT2D eigenvalue weighted by Crippen LogP contribution is 2.46. The van der Waals surface area contributed by atoms with Crippen molar-refractivity contribution in [2.24, 2.45) is 0 Å². The summed E-state index contributed by atoms with van der Waals surface area (Å²) in [5, 5.41) is 4.71. The summed E-state index contributed by atoms with van der Waals surface area (Å²) in [4.78, 5) is 13.0. The summed E-state index contributed by atoms with van der Waals surface area (Å²) < 4.78 is 14.6. The van der Waals surface area contributed by atoms with E-state index in [1.807, 2.05) is 109 Å². The molecule has 0 spiro atoms. The zero-order valence-corrected chi connectivity index (χ0v) is 18.0. The molecule has 4 heteroatoms. The first-order valence-electron chi connectivity index (χ1n) is 10.3. The summed E-state index contributed by atoms with van der Waals surface area (Å²) in [7, 11) is -3.01. The monoisotopic (exact) mass is 425 g/mol. The van der Waals surface area contributed by atoms with Crippen molar-refractivity contribution in [1.29, 1.82) is 0 Å². The van der Waals surface area contributed by atoms with E-state index in [2.05, 4.69) is 5.32 Å². The van der Waals surface area contributed by atoms with E-state index < -0.39 is 13.2 Å². The number of hydrogen-bond acceptors (Lipinski definition) is 2. The molecule has 1 atom stereocenters. The standard InChI is InChI=1S/C27H24NO2P/c29-27(23-15-7-2-8-16-23)28-26(22-13-5-1-6-14-22)21-31(30,24-17-9-3-10-18-24)25-19-11-4-12-20-25/h1-20,26H,21H2,(H,28,29)/t26-/m0/s1. The molecule has 0 heterocycles. The Labute approximate surface area is 183 Å². The first-order valence-corrected chi connectivity index (χ1v) is 12.2. The molecule has 0 radical (unpaired) electrons. The maximum absolute atomic E-state index is 14.6. The van der Waals surface area contributed by atoms with Gasteiger partial charge in [0, 0.05) is 22.3 Å². The highest BCUT2D eigenvalue weighted by molar-refractivity contribution is 7.78. The average molecular weight is 425 g/mol. The van der Waals surface area contributed by atoms with Gasteiger partial charge in [0.15, 0.2) is 0 Å². The molecular weight excluding hydrogens is 401 g/mol. The van der Waals surface area contributed by atoms with Crippen LogP contribution in [-0.2, 0) is 4.57 Å². The van der Waals surface area contributed by atoms with Crippen molar-refractivity contribution < 1.29 is 9.36 Å². The summed E-state index contributed by atoms with van der Waals surface area (Å²) in [6.45, 7) is 0. The molecule has 0 unspecified atom stereocenters. The molecular formula is C27H24NO2P. The first kappa shape index (κ1) is 20.8. The predicted octanol–water partition coefficient (Wildman–Crippen LogP) is 5.17. The fourth-order valence-electron chi connectivity index (χ4n) is 3.71. The maximum Gasteiger partial charge on any atom is 0.251 e. The van der Waals surface area contributed by atoms with Gasteiger partial charge in [-0.3, -0.25) is 4.79 Å². The molecule has 4 aromatic rings. The van der Waals surface area contributed by atoms with Crippen LogP contribution in [0.4, 0.5) is 0 Å². The molecule has 1 N–H and O–H groups in total. The van der Waals surface area contributed by atoms with Crippen molar-refractivity contribution in [1.82, 2.24) is 5.32 Å². The van der Waals surface area contributed by atoms with E-state index in [9.17, 15) is 9.36 Å². The molecule has 4 aromatic carbocycles. The Morgan fingerprint density at radius 3 is 1.55 bits per heavy atom. The van der Waals surface area contributed by atoms with Crippen LogP contribution >= 0.6 is 7.14 Å². The van der Waals surface area contributed by atoms with E-state index >= 15 is 0 Å². The molecule has 0 saturated heterocycles. The lowest BCUT2D eigenvalue weighted by atomic mass is 10.1. The average Bonchev–Trinajstić information content (AvgIpc) is 2.85. The second kappa shape index (κ2) is 9.59. The van der Waals surface area contributed by atoms with Crippen LogP contribution in [0.25, 0.3) is 0 Å². The molecule has 154 valence electrons. The highest BCUT2D eigenvalue weighted by Gasteiger charge is 2.32. The van der Waals surface area contributed by atoms with Crippen molar-refractivity contribution in [3.05, 3.63) is 132 Å². The van der Waals surface area contributed by atoms with Gasteiger partial charge in [0.1, 0.15) is 7.14 Å². The zero-order valence-electron chi connectivity index (χ0n) is 17.1. The van der Waals surface area contributed by atoms with Crippen LogP contribution in [0, 0.1) is 0 Å². The van der Waals surface area contributed by atoms with E-state index in [1.54, 1.807) is 12.1 Å². The van der Waals surface area contributed by atoms with Crippen molar-refractivity contribution in [2.75, 3.05) is 6.16 Å². The van der Waals surface area contributed by atoms with Crippen molar-refractivity contribution in [3.8, 4) is 0 Å². The van der Waals surface area contributed by atoms with Gasteiger partial charge in [-0.15, -0.1) is 0 Å². The molecule has 0 aliphatic heterocycles. The Bertz CT molecular complexity index is 1120. The molecule has 4 rings (SSSR count). The van der Waals surface area contributed by atoms with Gasteiger partial charge in [-0.2, -0.15) is 0 Å². The predicted molar refractivity (Wildman–Crippen MR) is 128 cm³/mol. The topological polar surface area (TPSA) is 46.2 Å². The third-order valence-corrected chi connectivity index (χ3v) is 8.47. The Morgan fingerprint density at radius 1 is 0.645 bits per heavy atom. The third-order valence-electron chi connectivity index (χ3n) is 5.33. The zero-order chi connectivity index (χ0) is 21.5. The summed E-state index contributed by atoms with van der Waals surface area (Å²) >= 11 is 0. The van der Waals surface area contributed by atoms with Crippen molar-refractivity contribution >= 4 is 23.7 Å². The van der Waals surface area contributed by atoms with Crippen LogP contribution in [0.3, 0.4) is 0 Å². The molecule has 0 saturated carbocycles. The second-order valence-electron chi connectivity index (χ2n) is 7.40. The Morgan fingerprint density at radius 2 is 1.06 bits per heavy atom. The molecule has 31 heavy (non-hydrogen) atoms. The molecule has 0 aliphatic rings. The Balaban J connectivity index is 1.75. The molecule has 0 bridgehead atoms. The van der Waals surface area contributed by atoms with Crippen LogP contribution in [0.2, 0.25) is 0 Å². The summed E-state index contributed by atoms with van der Waals surface area (Å²) in [6.07, 6.45) is 0.295. The van der Waals surface area contributed by atoms with E-state index in [0.29, 0.717) is 11.7 Å². The van der Waals surface area contributed by atoms with Gasteiger partial charge < -0.3 is 9.88 Å². The van der Waals surface area contributed by atoms with Gasteiger partial charge in [-0.05, 0) is 17.7 Å². The molecule has 3 nitrogen and oxygen atoms in total. The Hall–Kier alpha value is -3.42. The smallest absolute Gasteiger partial charge is 0.251 e. The minimum absolute atomic E-state index is 0.179. The van der Waals surface area contributed by atoms with Crippen LogP contribution < -0.4 is 15.9 Å². The highest BCUT2D eigenvalue weighted by atomic mass is 31.2. The van der Waals surface area contributed by atoms with Gasteiger partial charge in [0.25, 0.3) is 5.91 Å². The number of hydrogen-bond donors (Lipinski definition) is 1. The van der Waals surface area contributed by atoms with E-state index in [0.717, 1.165) is 16.2 Å². The lowest BCUT2D eigenvalue weighted by molar-refractivity contribution is 0.0940. The van der Waals surface area contributed by atoms with Gasteiger partial charge >= 0.3 is 0 Å². The normalized spacial score (nSPS) is 12.1. The van der Waals surface area contributed by atoms with Crippen LogP contribution in [-0.4, -0.2) is 12.1 Å². The van der Waals surface area contributed by atoms with E-state index in [1.165, 1.54) is 0 Å². The van der Waals surface area contributed by atoms with Gasteiger partial charge in [0.05, 0.1) is 6.04 Å². The number of carbonyl (C=O) groups is 1. The number of rotatable bonds is 7. The van der Waals surface area contributed by atoms with Crippen molar-refractivity contribution in [2.45, 2.75) is 6.04 Å². The largest absolute Gasteiger partial charge is 0.345 e. The SMILES string of the molecule is O=C(N[C@@H](CP(=O)(c1ccccc1)c1ccccc1)c1ccccc1)c1ccccc1. The van der Waals surface area contributed by atoms with Crippen LogP contribution in [0.5, 0.6) is 0 Å². The lowest BCUT2D eigenvalue weighted by Gasteiger charge is -2.26. The van der Waals surface area contributed by atoms with Gasteiger partial charge in [-0.25, -0.2) is 0 Å². The van der Waals surface area contributed by atoms with Gasteiger partial charge in [-0.1, -0.05) is 109 Å². The second-order valence-corrected chi connectivity index (χ2v) is 10.3. The minimum Gasteiger partial charge on any atom is -0.345 e. The first-order chi connectivity index (χ1) is 15.2. The molecule has 0 aromatic heterocycles. The fraction of sp³-hybridized carbons (Fsp3) is 0.0741. The molecule has 0 fully saturated rings. The quantitative estimate of drug-likeness (QED) is 0.415. The van der Waals surface area contributed by atoms with E-state index in [4.69, 9.17) is 0 Å².